The Kier molecular flexibility index (Phi) is 19.2. The van der Waals surface area contributed by atoms with Gasteiger partial charge in [0, 0.05) is 72.8 Å². The zero-order valence-corrected chi connectivity index (χ0v) is 38.4. The van der Waals surface area contributed by atoms with Crippen LogP contribution in [0.1, 0.15) is 69.8 Å². The summed E-state index contributed by atoms with van der Waals surface area (Å²) in [5, 5.41) is 7.88. The number of nitrogens with one attached hydrogen (secondary N) is 2. The van der Waals surface area contributed by atoms with Gasteiger partial charge in [0.2, 0.25) is 0 Å². The number of benzene rings is 1. The number of nitrogens with zero attached hydrogens (tertiary/aromatic N) is 4. The first-order valence-electron chi connectivity index (χ1n) is 18.2. The third-order valence-electron chi connectivity index (χ3n) is 9.84. The fourth-order valence-corrected chi connectivity index (χ4v) is 8.04. The van der Waals surface area contributed by atoms with E-state index in [9.17, 15) is 14.4 Å². The van der Waals surface area contributed by atoms with Crippen LogP contribution in [0, 0.1) is 5.41 Å². The minimum atomic E-state index is -1.00. The Bertz CT molecular complexity index is 1970. The molecule has 57 heavy (non-hydrogen) atoms. The molecule has 13 nitrogen and oxygen atoms in total. The highest BCUT2D eigenvalue weighted by Gasteiger charge is 2.36. The van der Waals surface area contributed by atoms with Gasteiger partial charge in [0.1, 0.15) is 18.2 Å². The van der Waals surface area contributed by atoms with E-state index < -0.39 is 41.6 Å². The molecule has 316 valence electrons. The van der Waals surface area contributed by atoms with Gasteiger partial charge >= 0.3 is 12.1 Å². The Labute approximate surface area is 367 Å². The van der Waals surface area contributed by atoms with E-state index in [-0.39, 0.29) is 79.7 Å². The molecule has 2 aliphatic rings. The molecule has 6 rings (SSSR count). The Balaban J connectivity index is 0.00000280. The number of alkyl carbamates (subject to hydrolysis) is 1. The average Bonchev–Trinajstić information content (AvgIpc) is 3.74. The summed E-state index contributed by atoms with van der Waals surface area (Å²) in [4.78, 5) is 50.3. The molecule has 0 saturated carbocycles. The van der Waals surface area contributed by atoms with Crippen LogP contribution >= 0.6 is 65.3 Å². The Morgan fingerprint density at radius 3 is 2.60 bits per heavy atom. The standard InChI is InChI=1S/C39H50N6O7S.4H2S/c1-8-44-32-14-13-25-17-27(32)28(35(44)26-11-9-15-40-34(26)24(3)50-7)19-39(4,5)22-51-37(47)29-12-10-16-45(43-29)36(46)30(18-33-41-31(25)21-53-33)42-38(48)52-23(2)20-49-6;;;;/h9,11,13-15,17,21,23-24,29-30,43H,8,10,12,16,18-20,22H2,1-7H3,(H,42,48);4*1H2/t23-,24-,29-,30-;;;;/m0..../s1. The number of amides is 2. The lowest BCUT2D eigenvalue weighted by molar-refractivity contribution is -0.155. The van der Waals surface area contributed by atoms with Crippen LogP contribution in [0.25, 0.3) is 33.4 Å². The summed E-state index contributed by atoms with van der Waals surface area (Å²) < 4.78 is 24.7. The number of rotatable bonds is 8. The first kappa shape index (κ1) is 50.2. The molecule has 2 N–H and O–H groups in total. The Hall–Kier alpha value is -2.97. The number of ether oxygens (including phenoxy) is 4. The fourth-order valence-electron chi connectivity index (χ4n) is 7.19. The van der Waals surface area contributed by atoms with Crippen LogP contribution in [0.4, 0.5) is 4.79 Å². The van der Waals surface area contributed by atoms with E-state index in [0.29, 0.717) is 30.8 Å². The molecule has 1 aromatic carbocycles. The normalized spacial score (nSPS) is 19.0. The molecule has 3 aromatic heterocycles. The lowest BCUT2D eigenvalue weighted by Crippen LogP contribution is -2.60. The number of hydrazine groups is 1. The minimum Gasteiger partial charge on any atom is -0.464 e. The molecule has 5 heterocycles. The molecule has 1 saturated heterocycles. The van der Waals surface area contributed by atoms with Crippen molar-refractivity contribution in [3.8, 4) is 22.5 Å². The number of esters is 1. The van der Waals surface area contributed by atoms with Gasteiger partial charge in [-0.05, 0) is 69.9 Å². The molecule has 0 spiro atoms. The second-order valence-corrected chi connectivity index (χ2v) is 15.5. The highest BCUT2D eigenvalue weighted by Crippen LogP contribution is 2.42. The largest absolute Gasteiger partial charge is 0.464 e. The molecular formula is C39H58N6O7S5. The summed E-state index contributed by atoms with van der Waals surface area (Å²) in [5.74, 6) is -0.824. The molecule has 0 unspecified atom stereocenters. The van der Waals surface area contributed by atoms with E-state index in [4.69, 9.17) is 28.9 Å². The van der Waals surface area contributed by atoms with Gasteiger partial charge in [-0.25, -0.2) is 15.2 Å². The van der Waals surface area contributed by atoms with Crippen LogP contribution in [0.5, 0.6) is 0 Å². The summed E-state index contributed by atoms with van der Waals surface area (Å²) >= 11 is 1.42. The number of methoxy groups -OCH3 is 2. The molecule has 0 aliphatic carbocycles. The number of thiazole rings is 1. The van der Waals surface area contributed by atoms with Gasteiger partial charge in [-0.1, -0.05) is 19.9 Å². The number of aromatic nitrogens is 3. The monoisotopic (exact) mass is 882 g/mol. The van der Waals surface area contributed by atoms with Crippen LogP contribution in [-0.4, -0.2) is 89.7 Å². The second kappa shape index (κ2) is 21.9. The van der Waals surface area contributed by atoms with E-state index in [1.807, 2.05) is 18.4 Å². The molecule has 18 heteroatoms. The van der Waals surface area contributed by atoms with Gasteiger partial charge < -0.3 is 28.8 Å². The van der Waals surface area contributed by atoms with Crippen molar-refractivity contribution in [1.82, 2.24) is 30.3 Å². The van der Waals surface area contributed by atoms with Gasteiger partial charge in [0.25, 0.3) is 5.91 Å². The topological polar surface area (TPSA) is 146 Å². The van der Waals surface area contributed by atoms with Crippen molar-refractivity contribution >= 4 is 94.2 Å². The summed E-state index contributed by atoms with van der Waals surface area (Å²) in [6, 6.07) is 8.70. The number of hydrogen-bond donors (Lipinski definition) is 2. The van der Waals surface area contributed by atoms with Gasteiger partial charge in [-0.15, -0.1) is 11.3 Å². The fraction of sp³-hybridized carbons (Fsp3) is 0.513. The zero-order valence-electron chi connectivity index (χ0n) is 33.6. The van der Waals surface area contributed by atoms with E-state index in [2.05, 4.69) is 60.3 Å². The van der Waals surface area contributed by atoms with Gasteiger partial charge in [0.15, 0.2) is 0 Å². The number of pyridine rings is 1. The van der Waals surface area contributed by atoms with Crippen LogP contribution in [0.3, 0.4) is 0 Å². The maximum atomic E-state index is 14.0. The van der Waals surface area contributed by atoms with Crippen LogP contribution in [-0.2, 0) is 47.9 Å². The van der Waals surface area contributed by atoms with E-state index in [0.717, 1.165) is 51.2 Å². The van der Waals surface area contributed by atoms with E-state index in [1.54, 1.807) is 20.2 Å². The first-order chi connectivity index (χ1) is 25.4. The Morgan fingerprint density at radius 2 is 1.89 bits per heavy atom. The lowest BCUT2D eigenvalue weighted by Gasteiger charge is -2.35. The predicted molar refractivity (Wildman–Crippen MR) is 244 cm³/mol. The minimum absolute atomic E-state index is 0. The van der Waals surface area contributed by atoms with E-state index >= 15 is 0 Å². The molecule has 1 fully saturated rings. The predicted octanol–water partition coefficient (Wildman–Crippen LogP) is 6.30. The highest BCUT2D eigenvalue weighted by atomic mass is 32.1. The average molecular weight is 883 g/mol. The van der Waals surface area contributed by atoms with Crippen molar-refractivity contribution in [2.45, 2.75) is 91.1 Å². The number of aryl methyl sites for hydroxylation is 1. The van der Waals surface area contributed by atoms with Gasteiger partial charge in [-0.3, -0.25) is 19.6 Å². The van der Waals surface area contributed by atoms with Crippen molar-refractivity contribution in [3.05, 3.63) is 58.2 Å². The number of cyclic esters (lactones) is 1. The number of carbonyl (C=O) groups excluding carboxylic acids is 3. The van der Waals surface area contributed by atoms with Crippen LogP contribution < -0.4 is 10.7 Å². The summed E-state index contributed by atoms with van der Waals surface area (Å²) in [6.07, 6.45) is 2.12. The van der Waals surface area contributed by atoms with Crippen molar-refractivity contribution in [2.24, 2.45) is 5.41 Å². The molecule has 4 aromatic rings. The number of fused-ring (bicyclic) bond motifs is 6. The van der Waals surface area contributed by atoms with Crippen LogP contribution in [0.2, 0.25) is 0 Å². The quantitative estimate of drug-likeness (QED) is 0.194. The Morgan fingerprint density at radius 1 is 1.14 bits per heavy atom. The van der Waals surface area contributed by atoms with Crippen molar-refractivity contribution < 1.29 is 33.3 Å². The SMILES string of the molecule is CCn1c(-c2cccnc2[C@H](C)OC)c2c3cc(ccc31)-c1csc(n1)C[C@H](NC(=O)O[C@@H](C)COC)C(=O)N1CCC[C@H](N1)C(=O)OCC(C)(C)C2.S.S.S.S. The van der Waals surface area contributed by atoms with Crippen molar-refractivity contribution in [2.75, 3.05) is 34.0 Å². The third-order valence-corrected chi connectivity index (χ3v) is 10.7. The van der Waals surface area contributed by atoms with E-state index in [1.165, 1.54) is 23.5 Å². The second-order valence-electron chi connectivity index (χ2n) is 14.6. The molecule has 2 aliphatic heterocycles. The van der Waals surface area contributed by atoms with Crippen molar-refractivity contribution in [3.63, 3.8) is 0 Å². The summed E-state index contributed by atoms with van der Waals surface area (Å²) in [7, 11) is 3.21. The first-order valence-corrected chi connectivity index (χ1v) is 19.1. The molecule has 4 atom stereocenters. The maximum Gasteiger partial charge on any atom is 0.408 e. The number of hydrogen-bond acceptors (Lipinski definition) is 11. The van der Waals surface area contributed by atoms with Gasteiger partial charge in [0.05, 0.1) is 41.4 Å². The molecule has 0 radical (unpaired) electrons. The maximum absolute atomic E-state index is 14.0. The smallest absolute Gasteiger partial charge is 0.408 e. The summed E-state index contributed by atoms with van der Waals surface area (Å²) in [5.41, 5.74) is 9.41. The highest BCUT2D eigenvalue weighted by molar-refractivity contribution is 7.59. The molecular weight excluding hydrogens is 825 g/mol. The molecule has 6 bridgehead atoms. The summed E-state index contributed by atoms with van der Waals surface area (Å²) in [6.45, 7) is 11.5. The van der Waals surface area contributed by atoms with Gasteiger partial charge in [-0.2, -0.15) is 54.0 Å². The van der Waals surface area contributed by atoms with Crippen molar-refractivity contribution in [1.29, 1.82) is 0 Å². The zero-order chi connectivity index (χ0) is 37.9. The van der Waals surface area contributed by atoms with Crippen LogP contribution in [0.15, 0.2) is 41.9 Å². The number of carbonyl (C=O) groups is 3. The lowest BCUT2D eigenvalue weighted by atomic mass is 9.84. The molecule has 2 amide bonds. The third kappa shape index (κ3) is 11.4.